The predicted molar refractivity (Wildman–Crippen MR) is 94.3 cm³/mol. The third-order valence-corrected chi connectivity index (χ3v) is 2.77. The molecular weight excluding hydrogens is 308 g/mol. The molecule has 0 fully saturated rings. The first kappa shape index (κ1) is 19.8. The fraction of sp³-hybridized carbons (Fsp3) is 0.556. The number of benzene rings is 1. The van der Waals surface area contributed by atoms with E-state index in [9.17, 15) is 9.59 Å². The highest BCUT2D eigenvalue weighted by Crippen LogP contribution is 2.25. The molecule has 0 aliphatic heterocycles. The summed E-state index contributed by atoms with van der Waals surface area (Å²) in [5, 5.41) is 5.46. The smallest absolute Gasteiger partial charge is 0.407 e. The zero-order valence-electron chi connectivity index (χ0n) is 15.1. The molecule has 0 radical (unpaired) electrons. The van der Waals surface area contributed by atoms with Gasteiger partial charge in [0.15, 0.2) is 0 Å². The number of hydrogen-bond acceptors (Lipinski definition) is 4. The Labute approximate surface area is 143 Å². The van der Waals surface area contributed by atoms with Gasteiger partial charge in [0.25, 0.3) is 0 Å². The lowest BCUT2D eigenvalue weighted by Gasteiger charge is -2.19. The van der Waals surface area contributed by atoms with Crippen molar-refractivity contribution in [2.45, 2.75) is 59.2 Å². The van der Waals surface area contributed by atoms with Crippen LogP contribution in [-0.2, 0) is 9.53 Å². The van der Waals surface area contributed by atoms with Gasteiger partial charge in [0, 0.05) is 13.0 Å². The number of rotatable bonds is 7. The van der Waals surface area contributed by atoms with Crippen LogP contribution in [0, 0.1) is 0 Å². The van der Waals surface area contributed by atoms with Gasteiger partial charge in [-0.15, -0.1) is 0 Å². The van der Waals surface area contributed by atoms with Crippen molar-refractivity contribution in [1.82, 2.24) is 5.32 Å². The van der Waals surface area contributed by atoms with Gasteiger partial charge in [0.1, 0.15) is 11.4 Å². The molecule has 24 heavy (non-hydrogen) atoms. The molecule has 134 valence electrons. The first-order chi connectivity index (χ1) is 11.2. The Balaban J connectivity index is 2.36. The van der Waals surface area contributed by atoms with Crippen LogP contribution >= 0.6 is 0 Å². The van der Waals surface area contributed by atoms with E-state index in [0.717, 1.165) is 0 Å². The van der Waals surface area contributed by atoms with Crippen LogP contribution < -0.4 is 15.4 Å². The Morgan fingerprint density at radius 3 is 2.46 bits per heavy atom. The number of amides is 2. The second-order valence-corrected chi connectivity index (χ2v) is 6.74. The number of hydrogen-bond donors (Lipinski definition) is 2. The van der Waals surface area contributed by atoms with Crippen LogP contribution in [-0.4, -0.2) is 30.3 Å². The maximum absolute atomic E-state index is 12.0. The SMILES string of the molecule is CC(C)Oc1ccccc1NC(=O)CCCNC(=O)OC(C)(C)C. The first-order valence-corrected chi connectivity index (χ1v) is 8.20. The van der Waals surface area contributed by atoms with Crippen molar-refractivity contribution in [2.24, 2.45) is 0 Å². The maximum Gasteiger partial charge on any atom is 0.407 e. The molecule has 0 aromatic heterocycles. The van der Waals surface area contributed by atoms with E-state index in [1.165, 1.54) is 0 Å². The van der Waals surface area contributed by atoms with Crippen LogP contribution in [0.4, 0.5) is 10.5 Å². The van der Waals surface area contributed by atoms with Crippen LogP contribution in [0.25, 0.3) is 0 Å². The molecule has 0 saturated carbocycles. The topological polar surface area (TPSA) is 76.7 Å². The van der Waals surface area contributed by atoms with Crippen molar-refractivity contribution < 1.29 is 19.1 Å². The van der Waals surface area contributed by atoms with Crippen molar-refractivity contribution in [3.8, 4) is 5.75 Å². The Kier molecular flexibility index (Phi) is 7.55. The number of para-hydroxylation sites is 2. The second-order valence-electron chi connectivity index (χ2n) is 6.74. The first-order valence-electron chi connectivity index (χ1n) is 8.20. The van der Waals surface area contributed by atoms with Crippen molar-refractivity contribution in [3.05, 3.63) is 24.3 Å². The summed E-state index contributed by atoms with van der Waals surface area (Å²) >= 11 is 0. The van der Waals surface area contributed by atoms with Crippen molar-refractivity contribution in [1.29, 1.82) is 0 Å². The molecule has 0 aliphatic rings. The molecule has 0 aliphatic carbocycles. The Bertz CT molecular complexity index is 550. The Morgan fingerprint density at radius 2 is 1.83 bits per heavy atom. The van der Waals surface area contributed by atoms with Gasteiger partial charge in [-0.05, 0) is 53.2 Å². The fourth-order valence-electron chi connectivity index (χ4n) is 1.89. The van der Waals surface area contributed by atoms with E-state index in [4.69, 9.17) is 9.47 Å². The van der Waals surface area contributed by atoms with Gasteiger partial charge in [0.2, 0.25) is 5.91 Å². The summed E-state index contributed by atoms with van der Waals surface area (Å²) in [6, 6.07) is 7.32. The van der Waals surface area contributed by atoms with Crippen LogP contribution in [0.3, 0.4) is 0 Å². The van der Waals surface area contributed by atoms with Gasteiger partial charge in [-0.25, -0.2) is 4.79 Å². The standard InChI is InChI=1S/C18H28N2O4/c1-13(2)23-15-10-7-6-9-14(15)20-16(21)11-8-12-19-17(22)24-18(3,4)5/h6-7,9-10,13H,8,11-12H2,1-5H3,(H,19,22)(H,20,21). The third-order valence-electron chi connectivity index (χ3n) is 2.77. The highest BCUT2D eigenvalue weighted by Gasteiger charge is 2.15. The van der Waals surface area contributed by atoms with Crippen LogP contribution in [0.1, 0.15) is 47.5 Å². The summed E-state index contributed by atoms with van der Waals surface area (Å²) in [6.07, 6.45) is 0.379. The van der Waals surface area contributed by atoms with Gasteiger partial charge >= 0.3 is 6.09 Å². The summed E-state index contributed by atoms with van der Waals surface area (Å²) in [6.45, 7) is 9.65. The molecule has 1 aromatic rings. The number of ether oxygens (including phenoxy) is 2. The average molecular weight is 336 g/mol. The van der Waals surface area contributed by atoms with Crippen LogP contribution in [0.5, 0.6) is 5.75 Å². The lowest BCUT2D eigenvalue weighted by atomic mass is 10.2. The van der Waals surface area contributed by atoms with E-state index in [-0.39, 0.29) is 12.0 Å². The van der Waals surface area contributed by atoms with E-state index >= 15 is 0 Å². The fourth-order valence-corrected chi connectivity index (χ4v) is 1.89. The number of alkyl carbamates (subject to hydrolysis) is 1. The summed E-state index contributed by atoms with van der Waals surface area (Å²) in [7, 11) is 0. The summed E-state index contributed by atoms with van der Waals surface area (Å²) in [5.74, 6) is 0.522. The minimum Gasteiger partial charge on any atom is -0.489 e. The minimum atomic E-state index is -0.526. The molecule has 1 rings (SSSR count). The average Bonchev–Trinajstić information content (AvgIpc) is 2.43. The number of nitrogens with one attached hydrogen (secondary N) is 2. The zero-order chi connectivity index (χ0) is 18.2. The minimum absolute atomic E-state index is 0.0288. The summed E-state index contributed by atoms with van der Waals surface area (Å²) in [4.78, 5) is 23.5. The molecule has 0 saturated heterocycles. The van der Waals surface area contributed by atoms with Gasteiger partial charge < -0.3 is 20.1 Å². The monoisotopic (exact) mass is 336 g/mol. The van der Waals surface area contributed by atoms with Gasteiger partial charge in [0.05, 0.1) is 11.8 Å². The number of carbonyl (C=O) groups is 2. The number of anilines is 1. The quantitative estimate of drug-likeness (QED) is 0.744. The number of carbonyl (C=O) groups excluding carboxylic acids is 2. The normalized spacial score (nSPS) is 11.1. The molecule has 6 heteroatoms. The zero-order valence-corrected chi connectivity index (χ0v) is 15.1. The van der Waals surface area contributed by atoms with Crippen LogP contribution in [0.2, 0.25) is 0 Å². The highest BCUT2D eigenvalue weighted by molar-refractivity contribution is 5.92. The van der Waals surface area contributed by atoms with Crippen molar-refractivity contribution >= 4 is 17.7 Å². The molecule has 0 spiro atoms. The van der Waals surface area contributed by atoms with E-state index in [2.05, 4.69) is 10.6 Å². The van der Waals surface area contributed by atoms with Crippen molar-refractivity contribution in [2.75, 3.05) is 11.9 Å². The van der Waals surface area contributed by atoms with Gasteiger partial charge in [-0.1, -0.05) is 12.1 Å². The maximum atomic E-state index is 12.0. The van der Waals surface area contributed by atoms with E-state index in [1.54, 1.807) is 26.8 Å². The highest BCUT2D eigenvalue weighted by atomic mass is 16.6. The Hall–Kier alpha value is -2.24. The molecule has 1 aromatic carbocycles. The molecule has 2 N–H and O–H groups in total. The molecule has 2 amide bonds. The lowest BCUT2D eigenvalue weighted by Crippen LogP contribution is -2.33. The molecule has 0 unspecified atom stereocenters. The largest absolute Gasteiger partial charge is 0.489 e. The molecule has 6 nitrogen and oxygen atoms in total. The van der Waals surface area contributed by atoms with Crippen molar-refractivity contribution in [3.63, 3.8) is 0 Å². The molecule has 0 bridgehead atoms. The third kappa shape index (κ3) is 8.41. The van der Waals surface area contributed by atoms with Gasteiger partial charge in [-0.2, -0.15) is 0 Å². The molecular formula is C18H28N2O4. The lowest BCUT2D eigenvalue weighted by molar-refractivity contribution is -0.116. The second kappa shape index (κ2) is 9.15. The summed E-state index contributed by atoms with van der Waals surface area (Å²) in [5.41, 5.74) is 0.123. The van der Waals surface area contributed by atoms with E-state index in [0.29, 0.717) is 30.8 Å². The predicted octanol–water partition coefficient (Wildman–Crippen LogP) is 3.72. The summed E-state index contributed by atoms with van der Waals surface area (Å²) < 4.78 is 10.8. The van der Waals surface area contributed by atoms with Crippen LogP contribution in [0.15, 0.2) is 24.3 Å². The molecule has 0 atom stereocenters. The van der Waals surface area contributed by atoms with E-state index < -0.39 is 11.7 Å². The molecule has 0 heterocycles. The Morgan fingerprint density at radius 1 is 1.17 bits per heavy atom. The van der Waals surface area contributed by atoms with E-state index in [1.807, 2.05) is 32.0 Å². The van der Waals surface area contributed by atoms with Gasteiger partial charge in [-0.3, -0.25) is 4.79 Å².